The average Bonchev–Trinajstić information content (AvgIpc) is 3.40. The Bertz CT molecular complexity index is 828. The molecule has 4 nitrogen and oxygen atoms in total. The molecule has 1 fully saturated rings. The number of halogens is 1. The number of hydrogen-bond donors (Lipinski definition) is 2. The van der Waals surface area contributed by atoms with Gasteiger partial charge in [0.05, 0.1) is 0 Å². The number of rotatable bonds is 5. The third-order valence-corrected chi connectivity index (χ3v) is 4.94. The minimum atomic E-state index is -0.979. The fourth-order valence-electron chi connectivity index (χ4n) is 2.88. The molecule has 1 aliphatic rings. The van der Waals surface area contributed by atoms with Crippen LogP contribution in [0.3, 0.4) is 0 Å². The van der Waals surface area contributed by atoms with E-state index in [0.717, 1.165) is 23.2 Å². The normalized spacial score (nSPS) is 14.7. The summed E-state index contributed by atoms with van der Waals surface area (Å²) in [7, 11) is 0. The van der Waals surface area contributed by atoms with Crippen LogP contribution in [0.15, 0.2) is 42.5 Å². The Morgan fingerprint density at radius 3 is 2.28 bits per heavy atom. The van der Waals surface area contributed by atoms with Crippen molar-refractivity contribution in [1.82, 2.24) is 0 Å². The van der Waals surface area contributed by atoms with E-state index in [1.165, 1.54) is 0 Å². The number of carbonyl (C=O) groups excluding carboxylic acids is 2. The molecular formula is C20H21ClN2O2. The van der Waals surface area contributed by atoms with Crippen molar-refractivity contribution in [3.05, 3.63) is 58.6 Å². The summed E-state index contributed by atoms with van der Waals surface area (Å²) < 4.78 is 0. The molecule has 2 aromatic carbocycles. The highest BCUT2D eigenvalue weighted by Crippen LogP contribution is 2.47. The van der Waals surface area contributed by atoms with Crippen molar-refractivity contribution < 1.29 is 9.59 Å². The van der Waals surface area contributed by atoms with Crippen molar-refractivity contribution in [1.29, 1.82) is 0 Å². The zero-order chi connectivity index (χ0) is 18.0. The van der Waals surface area contributed by atoms with Crippen molar-refractivity contribution in [3.8, 4) is 0 Å². The first-order valence-corrected chi connectivity index (χ1v) is 8.81. The summed E-state index contributed by atoms with van der Waals surface area (Å²) in [6.07, 6.45) is 1.94. The van der Waals surface area contributed by atoms with Crippen LogP contribution in [0.2, 0.25) is 5.02 Å². The van der Waals surface area contributed by atoms with Crippen LogP contribution in [0.5, 0.6) is 0 Å². The maximum atomic E-state index is 12.7. The van der Waals surface area contributed by atoms with Crippen molar-refractivity contribution in [2.75, 3.05) is 10.6 Å². The molecule has 2 aromatic rings. The SMILES string of the molecule is CCc1ccccc1NC(=O)C1(C(=O)Nc2ccc(Cl)cc2C)CC1. The molecule has 3 rings (SSSR count). The molecule has 1 saturated carbocycles. The molecule has 0 aliphatic heterocycles. The highest BCUT2D eigenvalue weighted by atomic mass is 35.5. The summed E-state index contributed by atoms with van der Waals surface area (Å²) in [5, 5.41) is 6.43. The van der Waals surface area contributed by atoms with Crippen LogP contribution in [0.25, 0.3) is 0 Å². The molecule has 0 radical (unpaired) electrons. The maximum absolute atomic E-state index is 12.7. The van der Waals surface area contributed by atoms with E-state index in [1.807, 2.05) is 38.1 Å². The minimum Gasteiger partial charge on any atom is -0.325 e. The number of amides is 2. The van der Waals surface area contributed by atoms with Gasteiger partial charge in [-0.3, -0.25) is 9.59 Å². The van der Waals surface area contributed by atoms with Crippen LogP contribution >= 0.6 is 11.6 Å². The van der Waals surface area contributed by atoms with Crippen molar-refractivity contribution in [2.45, 2.75) is 33.1 Å². The summed E-state index contributed by atoms with van der Waals surface area (Å²) in [5.41, 5.74) is 2.40. The number of anilines is 2. The Labute approximate surface area is 152 Å². The molecule has 0 unspecified atom stereocenters. The topological polar surface area (TPSA) is 58.2 Å². The monoisotopic (exact) mass is 356 g/mol. The highest BCUT2D eigenvalue weighted by Gasteiger charge is 2.56. The zero-order valence-corrected chi connectivity index (χ0v) is 15.1. The second-order valence-electron chi connectivity index (χ2n) is 6.46. The molecule has 1 aliphatic carbocycles. The van der Waals surface area contributed by atoms with E-state index in [0.29, 0.717) is 23.6 Å². The Hall–Kier alpha value is -2.33. The summed E-state index contributed by atoms with van der Waals surface area (Å²) in [4.78, 5) is 25.5. The quantitative estimate of drug-likeness (QED) is 0.771. The molecule has 0 bridgehead atoms. The van der Waals surface area contributed by atoms with E-state index in [1.54, 1.807) is 18.2 Å². The first-order valence-electron chi connectivity index (χ1n) is 8.43. The lowest BCUT2D eigenvalue weighted by atomic mass is 10.0. The lowest BCUT2D eigenvalue weighted by Crippen LogP contribution is -2.36. The number of carbonyl (C=O) groups is 2. The molecule has 25 heavy (non-hydrogen) atoms. The molecule has 5 heteroatoms. The van der Waals surface area contributed by atoms with Crippen molar-refractivity contribution in [3.63, 3.8) is 0 Å². The van der Waals surface area contributed by atoms with Crippen LogP contribution < -0.4 is 10.6 Å². The van der Waals surface area contributed by atoms with E-state index < -0.39 is 5.41 Å². The molecule has 2 N–H and O–H groups in total. The average molecular weight is 357 g/mol. The van der Waals surface area contributed by atoms with E-state index >= 15 is 0 Å². The van der Waals surface area contributed by atoms with E-state index in [2.05, 4.69) is 10.6 Å². The number of nitrogens with one attached hydrogen (secondary N) is 2. The van der Waals surface area contributed by atoms with Gasteiger partial charge in [-0.1, -0.05) is 36.7 Å². The lowest BCUT2D eigenvalue weighted by Gasteiger charge is -2.17. The molecule has 0 heterocycles. The van der Waals surface area contributed by atoms with Crippen LogP contribution in [0.1, 0.15) is 30.9 Å². The smallest absolute Gasteiger partial charge is 0.240 e. The van der Waals surface area contributed by atoms with Gasteiger partial charge in [0.15, 0.2) is 0 Å². The number of aryl methyl sites for hydroxylation is 2. The van der Waals surface area contributed by atoms with Gasteiger partial charge in [0.1, 0.15) is 5.41 Å². The summed E-state index contributed by atoms with van der Waals surface area (Å²) in [6, 6.07) is 12.9. The first kappa shape index (κ1) is 17.5. The molecule has 0 spiro atoms. The van der Waals surface area contributed by atoms with Gasteiger partial charge in [-0.15, -0.1) is 0 Å². The lowest BCUT2D eigenvalue weighted by molar-refractivity contribution is -0.131. The van der Waals surface area contributed by atoms with Crippen LogP contribution in [0, 0.1) is 12.3 Å². The van der Waals surface area contributed by atoms with Gasteiger partial charge >= 0.3 is 0 Å². The third-order valence-electron chi connectivity index (χ3n) is 4.70. The Kier molecular flexibility index (Phi) is 4.82. The van der Waals surface area contributed by atoms with E-state index in [9.17, 15) is 9.59 Å². The Morgan fingerprint density at radius 1 is 1.04 bits per heavy atom. The van der Waals surface area contributed by atoms with Crippen LogP contribution in [-0.4, -0.2) is 11.8 Å². The fraction of sp³-hybridized carbons (Fsp3) is 0.300. The van der Waals surface area contributed by atoms with Crippen molar-refractivity contribution >= 4 is 34.8 Å². The first-order chi connectivity index (χ1) is 12.0. The number of hydrogen-bond acceptors (Lipinski definition) is 2. The van der Waals surface area contributed by atoms with E-state index in [-0.39, 0.29) is 11.8 Å². The number of benzene rings is 2. The van der Waals surface area contributed by atoms with Crippen LogP contribution in [-0.2, 0) is 16.0 Å². The van der Waals surface area contributed by atoms with Gasteiger partial charge in [-0.25, -0.2) is 0 Å². The standard InChI is InChI=1S/C20H21ClN2O2/c1-3-14-6-4-5-7-17(14)23-19(25)20(10-11-20)18(24)22-16-9-8-15(21)12-13(16)2/h4-9,12H,3,10-11H2,1-2H3,(H,22,24)(H,23,25). The van der Waals surface area contributed by atoms with Gasteiger partial charge < -0.3 is 10.6 Å². The largest absolute Gasteiger partial charge is 0.325 e. The molecule has 0 aromatic heterocycles. The summed E-state index contributed by atoms with van der Waals surface area (Å²) >= 11 is 5.95. The third kappa shape index (κ3) is 3.54. The van der Waals surface area contributed by atoms with Gasteiger partial charge in [-0.05, 0) is 61.6 Å². The second kappa shape index (κ2) is 6.89. The molecule has 130 valence electrons. The second-order valence-corrected chi connectivity index (χ2v) is 6.90. The minimum absolute atomic E-state index is 0.238. The van der Waals surface area contributed by atoms with Gasteiger partial charge in [0.2, 0.25) is 11.8 Å². The van der Waals surface area contributed by atoms with Gasteiger partial charge in [0, 0.05) is 16.4 Å². The van der Waals surface area contributed by atoms with E-state index in [4.69, 9.17) is 11.6 Å². The molecule has 0 atom stereocenters. The van der Waals surface area contributed by atoms with Gasteiger partial charge in [0.25, 0.3) is 0 Å². The van der Waals surface area contributed by atoms with Crippen LogP contribution in [0.4, 0.5) is 11.4 Å². The predicted octanol–water partition coefficient (Wildman–Crippen LogP) is 4.57. The highest BCUT2D eigenvalue weighted by molar-refractivity contribution is 6.30. The zero-order valence-electron chi connectivity index (χ0n) is 14.4. The maximum Gasteiger partial charge on any atom is 0.240 e. The summed E-state index contributed by atoms with van der Waals surface area (Å²) in [6.45, 7) is 3.91. The molecule has 2 amide bonds. The number of para-hydroxylation sites is 1. The predicted molar refractivity (Wildman–Crippen MR) is 101 cm³/mol. The Morgan fingerprint density at radius 2 is 1.68 bits per heavy atom. The van der Waals surface area contributed by atoms with Gasteiger partial charge in [-0.2, -0.15) is 0 Å². The molecule has 0 saturated heterocycles. The molecular weight excluding hydrogens is 336 g/mol. The van der Waals surface area contributed by atoms with Crippen molar-refractivity contribution in [2.24, 2.45) is 5.41 Å². The fourth-order valence-corrected chi connectivity index (χ4v) is 3.11. The summed E-state index contributed by atoms with van der Waals surface area (Å²) in [5.74, 6) is -0.498. The Balaban J connectivity index is 1.74.